The second-order valence-electron chi connectivity index (χ2n) is 5.58. The molecule has 1 heterocycles. The highest BCUT2D eigenvalue weighted by molar-refractivity contribution is 5.94. The topological polar surface area (TPSA) is 44.4 Å². The normalized spacial score (nSPS) is 15.3. The van der Waals surface area contributed by atoms with Crippen LogP contribution in [0.3, 0.4) is 0 Å². The predicted octanol–water partition coefficient (Wildman–Crippen LogP) is 1.75. The Morgan fingerprint density at radius 3 is 2.43 bits per heavy atom. The third-order valence-corrected chi connectivity index (χ3v) is 3.63. The Labute approximate surface area is 133 Å². The Morgan fingerprint density at radius 1 is 1.19 bits per heavy atom. The largest absolute Gasteiger partial charge is 0.352 e. The Kier molecular flexibility index (Phi) is 7.72. The summed E-state index contributed by atoms with van der Waals surface area (Å²) < 4.78 is 0. The number of carbonyl (C=O) groups excluding carboxylic acids is 1. The van der Waals surface area contributed by atoms with Crippen LogP contribution in [0.2, 0.25) is 0 Å². The van der Waals surface area contributed by atoms with Crippen LogP contribution in [0.25, 0.3) is 0 Å². The molecule has 0 bridgehead atoms. The van der Waals surface area contributed by atoms with Gasteiger partial charge in [0.2, 0.25) is 0 Å². The van der Waals surface area contributed by atoms with Crippen molar-refractivity contribution in [3.63, 3.8) is 0 Å². The van der Waals surface area contributed by atoms with Gasteiger partial charge in [0.25, 0.3) is 5.91 Å². The number of aryl methyl sites for hydroxylation is 2. The SMILES string of the molecule is Cc1cc(C)cc(C(=O)NCCCN2CCNCC2)c1.Cl. The predicted molar refractivity (Wildman–Crippen MR) is 89.4 cm³/mol. The maximum absolute atomic E-state index is 12.1. The van der Waals surface area contributed by atoms with Crippen molar-refractivity contribution in [2.24, 2.45) is 0 Å². The van der Waals surface area contributed by atoms with Gasteiger partial charge in [-0.25, -0.2) is 0 Å². The van der Waals surface area contributed by atoms with Crippen LogP contribution in [0.1, 0.15) is 27.9 Å². The Bertz CT molecular complexity index is 439. The van der Waals surface area contributed by atoms with Crippen LogP contribution in [0.15, 0.2) is 18.2 Å². The van der Waals surface area contributed by atoms with Crippen molar-refractivity contribution in [2.45, 2.75) is 20.3 Å². The van der Waals surface area contributed by atoms with Gasteiger partial charge in [0.1, 0.15) is 0 Å². The van der Waals surface area contributed by atoms with E-state index in [9.17, 15) is 4.79 Å². The molecule has 1 aliphatic heterocycles. The quantitative estimate of drug-likeness (QED) is 0.814. The number of amides is 1. The van der Waals surface area contributed by atoms with E-state index in [2.05, 4.69) is 21.6 Å². The number of nitrogens with one attached hydrogen (secondary N) is 2. The molecule has 1 aromatic rings. The van der Waals surface area contributed by atoms with Gasteiger partial charge in [-0.2, -0.15) is 0 Å². The molecule has 0 aromatic heterocycles. The number of carbonyl (C=O) groups is 1. The van der Waals surface area contributed by atoms with Gasteiger partial charge < -0.3 is 15.5 Å². The van der Waals surface area contributed by atoms with Crippen LogP contribution in [0.4, 0.5) is 0 Å². The summed E-state index contributed by atoms with van der Waals surface area (Å²) >= 11 is 0. The van der Waals surface area contributed by atoms with Crippen molar-refractivity contribution in [1.82, 2.24) is 15.5 Å². The summed E-state index contributed by atoms with van der Waals surface area (Å²) in [6.07, 6.45) is 1.01. The van der Waals surface area contributed by atoms with E-state index in [1.165, 1.54) is 0 Å². The first-order valence-electron chi connectivity index (χ1n) is 7.45. The molecular formula is C16H26ClN3O. The average molecular weight is 312 g/mol. The lowest BCUT2D eigenvalue weighted by Gasteiger charge is -2.27. The number of benzene rings is 1. The molecule has 0 radical (unpaired) electrons. The molecule has 4 nitrogen and oxygen atoms in total. The Balaban J connectivity index is 0.00000220. The molecule has 1 aliphatic rings. The van der Waals surface area contributed by atoms with E-state index in [4.69, 9.17) is 0 Å². The lowest BCUT2D eigenvalue weighted by molar-refractivity contribution is 0.0951. The second kappa shape index (κ2) is 9.03. The van der Waals surface area contributed by atoms with Gasteiger partial charge in [-0.05, 0) is 38.9 Å². The second-order valence-corrected chi connectivity index (χ2v) is 5.58. The standard InChI is InChI=1S/C16H25N3O.ClH/c1-13-10-14(2)12-15(11-13)16(20)18-4-3-7-19-8-5-17-6-9-19;/h10-12,17H,3-9H2,1-2H3,(H,18,20);1H. The number of hydrogen-bond donors (Lipinski definition) is 2. The van der Waals surface area contributed by atoms with Crippen LogP contribution >= 0.6 is 12.4 Å². The summed E-state index contributed by atoms with van der Waals surface area (Å²) in [5.74, 6) is 0.0390. The van der Waals surface area contributed by atoms with Gasteiger partial charge in [0, 0.05) is 38.3 Å². The molecule has 21 heavy (non-hydrogen) atoms. The zero-order valence-electron chi connectivity index (χ0n) is 12.9. The van der Waals surface area contributed by atoms with Crippen molar-refractivity contribution < 1.29 is 4.79 Å². The zero-order valence-corrected chi connectivity index (χ0v) is 13.8. The maximum Gasteiger partial charge on any atom is 0.251 e. The summed E-state index contributed by atoms with van der Waals surface area (Å²) in [6.45, 7) is 10.2. The first-order chi connectivity index (χ1) is 9.65. The van der Waals surface area contributed by atoms with Crippen molar-refractivity contribution in [3.8, 4) is 0 Å². The minimum atomic E-state index is 0. The molecule has 0 aliphatic carbocycles. The summed E-state index contributed by atoms with van der Waals surface area (Å²) in [7, 11) is 0. The lowest BCUT2D eigenvalue weighted by atomic mass is 10.1. The molecule has 118 valence electrons. The molecule has 1 fully saturated rings. The van der Waals surface area contributed by atoms with E-state index >= 15 is 0 Å². The number of hydrogen-bond acceptors (Lipinski definition) is 3. The molecule has 0 spiro atoms. The van der Waals surface area contributed by atoms with Gasteiger partial charge in [-0.1, -0.05) is 17.2 Å². The van der Waals surface area contributed by atoms with Crippen molar-refractivity contribution in [1.29, 1.82) is 0 Å². The van der Waals surface area contributed by atoms with Crippen LogP contribution in [-0.4, -0.2) is 50.1 Å². The maximum atomic E-state index is 12.1. The van der Waals surface area contributed by atoms with Gasteiger partial charge in [-0.3, -0.25) is 4.79 Å². The highest BCUT2D eigenvalue weighted by Gasteiger charge is 2.09. The summed E-state index contributed by atoms with van der Waals surface area (Å²) in [5.41, 5.74) is 3.04. The fraction of sp³-hybridized carbons (Fsp3) is 0.562. The van der Waals surface area contributed by atoms with Crippen LogP contribution in [-0.2, 0) is 0 Å². The van der Waals surface area contributed by atoms with E-state index in [-0.39, 0.29) is 18.3 Å². The van der Waals surface area contributed by atoms with Gasteiger partial charge in [0.05, 0.1) is 0 Å². The van der Waals surface area contributed by atoms with Crippen molar-refractivity contribution in [2.75, 3.05) is 39.3 Å². The molecule has 0 saturated carbocycles. The molecule has 2 N–H and O–H groups in total. The number of halogens is 1. The monoisotopic (exact) mass is 311 g/mol. The molecule has 0 atom stereocenters. The summed E-state index contributed by atoms with van der Waals surface area (Å²) in [5, 5.41) is 6.36. The average Bonchev–Trinajstić information content (AvgIpc) is 2.43. The molecular weight excluding hydrogens is 286 g/mol. The fourth-order valence-electron chi connectivity index (χ4n) is 2.65. The fourth-order valence-corrected chi connectivity index (χ4v) is 2.65. The highest BCUT2D eigenvalue weighted by Crippen LogP contribution is 2.08. The number of rotatable bonds is 5. The minimum absolute atomic E-state index is 0. The smallest absolute Gasteiger partial charge is 0.251 e. The zero-order chi connectivity index (χ0) is 14.4. The number of piperazine rings is 1. The van der Waals surface area contributed by atoms with E-state index in [0.29, 0.717) is 0 Å². The van der Waals surface area contributed by atoms with Crippen LogP contribution in [0.5, 0.6) is 0 Å². The lowest BCUT2D eigenvalue weighted by Crippen LogP contribution is -2.44. The molecule has 1 aromatic carbocycles. The van der Waals surface area contributed by atoms with Gasteiger partial charge in [-0.15, -0.1) is 12.4 Å². The third-order valence-electron chi connectivity index (χ3n) is 3.63. The minimum Gasteiger partial charge on any atom is -0.352 e. The first kappa shape index (κ1) is 18.0. The van der Waals surface area contributed by atoms with Crippen molar-refractivity contribution >= 4 is 18.3 Å². The molecule has 1 amide bonds. The molecule has 5 heteroatoms. The highest BCUT2D eigenvalue weighted by atomic mass is 35.5. The molecule has 1 saturated heterocycles. The summed E-state index contributed by atoms with van der Waals surface area (Å²) in [4.78, 5) is 14.5. The van der Waals surface area contributed by atoms with E-state index in [1.54, 1.807) is 0 Å². The van der Waals surface area contributed by atoms with Gasteiger partial charge >= 0.3 is 0 Å². The molecule has 2 rings (SSSR count). The Hall–Kier alpha value is -1.10. The first-order valence-corrected chi connectivity index (χ1v) is 7.45. The van der Waals surface area contributed by atoms with E-state index < -0.39 is 0 Å². The van der Waals surface area contributed by atoms with Crippen LogP contribution < -0.4 is 10.6 Å². The van der Waals surface area contributed by atoms with E-state index in [0.717, 1.165) is 62.4 Å². The van der Waals surface area contributed by atoms with Gasteiger partial charge in [0.15, 0.2) is 0 Å². The Morgan fingerprint density at radius 2 is 1.81 bits per heavy atom. The number of nitrogens with zero attached hydrogens (tertiary/aromatic N) is 1. The summed E-state index contributed by atoms with van der Waals surface area (Å²) in [6, 6.07) is 5.97. The third kappa shape index (κ3) is 6.04. The molecule has 0 unspecified atom stereocenters. The van der Waals surface area contributed by atoms with Crippen LogP contribution in [0, 0.1) is 13.8 Å². The van der Waals surface area contributed by atoms with Crippen molar-refractivity contribution in [3.05, 3.63) is 34.9 Å². The van der Waals surface area contributed by atoms with E-state index in [1.807, 2.05) is 26.0 Å².